The van der Waals surface area contributed by atoms with Crippen molar-refractivity contribution >= 4 is 37.1 Å². The summed E-state index contributed by atoms with van der Waals surface area (Å²) in [6.45, 7) is 1.96. The maximum absolute atomic E-state index is 14.7. The van der Waals surface area contributed by atoms with Gasteiger partial charge >= 0.3 is 0 Å². The minimum atomic E-state index is -4.26. The number of fused-ring (bicyclic) bond motifs is 2. The van der Waals surface area contributed by atoms with E-state index in [-0.39, 0.29) is 35.0 Å². The van der Waals surface area contributed by atoms with Crippen LogP contribution in [0.25, 0.3) is 0 Å². The summed E-state index contributed by atoms with van der Waals surface area (Å²) in [6.07, 6.45) is 3.82. The molecule has 1 saturated heterocycles. The van der Waals surface area contributed by atoms with Crippen molar-refractivity contribution in [1.82, 2.24) is 0 Å². The number of anilines is 2. The van der Waals surface area contributed by atoms with Crippen LogP contribution in [-0.4, -0.2) is 40.4 Å². The van der Waals surface area contributed by atoms with Gasteiger partial charge in [0.05, 0.1) is 28.3 Å². The fourth-order valence-corrected chi connectivity index (χ4v) is 7.79. The normalized spacial score (nSPS) is 20.4. The highest BCUT2D eigenvalue weighted by molar-refractivity contribution is 7.92. The Labute approximate surface area is 210 Å². The summed E-state index contributed by atoms with van der Waals surface area (Å²) in [5, 5.41) is 2.89. The van der Waals surface area contributed by atoms with E-state index < -0.39 is 36.0 Å². The number of halogens is 1. The molecule has 194 valence electrons. The van der Waals surface area contributed by atoms with Gasteiger partial charge in [0.2, 0.25) is 5.91 Å². The number of aryl methyl sites for hydroxylation is 1. The molecule has 0 aromatic heterocycles. The zero-order valence-electron chi connectivity index (χ0n) is 20.0. The van der Waals surface area contributed by atoms with Crippen LogP contribution in [0.5, 0.6) is 5.75 Å². The fourth-order valence-electron chi connectivity index (χ4n) is 5.24. The molecule has 2 heterocycles. The molecule has 3 aliphatic rings. The molecule has 0 atom stereocenters. The molecule has 2 aliphatic heterocycles. The van der Waals surface area contributed by atoms with Gasteiger partial charge < -0.3 is 10.1 Å². The molecule has 8 nitrogen and oxygen atoms in total. The van der Waals surface area contributed by atoms with Crippen molar-refractivity contribution < 1.29 is 30.8 Å². The van der Waals surface area contributed by atoms with Gasteiger partial charge in [0.25, 0.3) is 10.0 Å². The molecule has 36 heavy (non-hydrogen) atoms. The maximum Gasteiger partial charge on any atom is 0.264 e. The first kappa shape index (κ1) is 25.0. The smallest absolute Gasteiger partial charge is 0.264 e. The van der Waals surface area contributed by atoms with E-state index in [1.54, 1.807) is 12.1 Å². The number of hydrogen-bond acceptors (Lipinski definition) is 6. The van der Waals surface area contributed by atoms with Crippen LogP contribution < -0.4 is 14.8 Å². The SMILES string of the molecule is CCCc1ccc(S(=O)(=O)Nc2cc(OC3CCS(=O)(=O)CC3)c3c(c2)C2(CCC2)C(=O)N3)c(F)c1. The Morgan fingerprint density at radius 1 is 1.17 bits per heavy atom. The van der Waals surface area contributed by atoms with Gasteiger partial charge in [-0.1, -0.05) is 25.8 Å². The van der Waals surface area contributed by atoms with Crippen LogP contribution in [0.3, 0.4) is 0 Å². The first-order valence-corrected chi connectivity index (χ1v) is 15.5. The summed E-state index contributed by atoms with van der Waals surface area (Å²) in [5.41, 5.74) is 1.28. The van der Waals surface area contributed by atoms with Crippen LogP contribution in [0.2, 0.25) is 0 Å². The Kier molecular flexibility index (Phi) is 6.27. The molecule has 2 aromatic carbocycles. The highest BCUT2D eigenvalue weighted by Gasteiger charge is 2.52. The molecular formula is C25H29FN2O6S2. The summed E-state index contributed by atoms with van der Waals surface area (Å²) >= 11 is 0. The topological polar surface area (TPSA) is 119 Å². The van der Waals surface area contributed by atoms with Gasteiger partial charge in [0.1, 0.15) is 22.6 Å². The lowest BCUT2D eigenvalue weighted by Gasteiger charge is -2.36. The van der Waals surface area contributed by atoms with Crippen LogP contribution in [-0.2, 0) is 36.5 Å². The Balaban J connectivity index is 1.49. The van der Waals surface area contributed by atoms with E-state index in [1.165, 1.54) is 18.2 Å². The summed E-state index contributed by atoms with van der Waals surface area (Å²) in [6, 6.07) is 7.18. The lowest BCUT2D eigenvalue weighted by atomic mass is 9.65. The Morgan fingerprint density at radius 3 is 2.50 bits per heavy atom. The summed E-state index contributed by atoms with van der Waals surface area (Å²) < 4.78 is 73.2. The minimum absolute atomic E-state index is 0.00970. The molecular weight excluding hydrogens is 507 g/mol. The van der Waals surface area contributed by atoms with Gasteiger partial charge in [-0.15, -0.1) is 0 Å². The number of hydrogen-bond donors (Lipinski definition) is 2. The Morgan fingerprint density at radius 2 is 1.89 bits per heavy atom. The molecule has 1 aliphatic carbocycles. The second-order valence-corrected chi connectivity index (χ2v) is 13.8. The molecule has 2 N–H and O–H groups in total. The van der Waals surface area contributed by atoms with Gasteiger partial charge in [-0.3, -0.25) is 9.52 Å². The van der Waals surface area contributed by atoms with Crippen molar-refractivity contribution in [3.8, 4) is 5.75 Å². The molecule has 1 amide bonds. The van der Waals surface area contributed by atoms with Crippen molar-refractivity contribution in [2.24, 2.45) is 0 Å². The lowest BCUT2D eigenvalue weighted by Crippen LogP contribution is -2.40. The average molecular weight is 537 g/mol. The number of carbonyl (C=O) groups excluding carboxylic acids is 1. The third-order valence-corrected chi connectivity index (χ3v) is 10.5. The molecule has 0 bridgehead atoms. The largest absolute Gasteiger partial charge is 0.488 e. The standard InChI is InChI=1S/C25H29FN2O6S2/c1-2-4-16-5-6-22(20(26)13-16)36(32,33)28-17-14-19-23(27-24(29)25(19)9-3-10-25)21(15-17)34-18-7-11-35(30,31)12-8-18/h5-6,13-15,18,28H,2-4,7-12H2,1H3,(H,27,29). The molecule has 11 heteroatoms. The number of sulfonamides is 1. The zero-order chi connectivity index (χ0) is 25.7. The van der Waals surface area contributed by atoms with E-state index in [0.29, 0.717) is 48.9 Å². The van der Waals surface area contributed by atoms with E-state index in [1.807, 2.05) is 6.92 Å². The third-order valence-electron chi connectivity index (χ3n) is 7.37. The Bertz CT molecular complexity index is 1420. The summed E-state index contributed by atoms with van der Waals surface area (Å²) in [7, 11) is -7.36. The second-order valence-electron chi connectivity index (χ2n) is 9.88. The number of carbonyl (C=O) groups is 1. The van der Waals surface area contributed by atoms with E-state index in [0.717, 1.165) is 12.8 Å². The average Bonchev–Trinajstić information content (AvgIpc) is 3.07. The van der Waals surface area contributed by atoms with Gasteiger partial charge in [0.15, 0.2) is 9.84 Å². The number of sulfone groups is 1. The van der Waals surface area contributed by atoms with E-state index >= 15 is 0 Å². The Hall–Kier alpha value is -2.66. The quantitative estimate of drug-likeness (QED) is 0.554. The molecule has 2 aromatic rings. The third kappa shape index (κ3) is 4.47. The molecule has 1 saturated carbocycles. The van der Waals surface area contributed by atoms with E-state index in [4.69, 9.17) is 4.74 Å². The van der Waals surface area contributed by atoms with Gasteiger partial charge in [-0.2, -0.15) is 0 Å². The predicted molar refractivity (Wildman–Crippen MR) is 134 cm³/mol. The number of rotatable bonds is 7. The summed E-state index contributed by atoms with van der Waals surface area (Å²) in [5.74, 6) is -0.685. The van der Waals surface area contributed by atoms with Crippen molar-refractivity contribution in [1.29, 1.82) is 0 Å². The van der Waals surface area contributed by atoms with Crippen molar-refractivity contribution in [2.45, 2.75) is 68.3 Å². The highest BCUT2D eigenvalue weighted by Crippen LogP contribution is 2.54. The number of ether oxygens (including phenoxy) is 1. The molecule has 0 unspecified atom stereocenters. The first-order valence-electron chi connectivity index (χ1n) is 12.2. The molecule has 0 radical (unpaired) electrons. The van der Waals surface area contributed by atoms with Crippen LogP contribution in [0.1, 0.15) is 56.6 Å². The maximum atomic E-state index is 14.7. The zero-order valence-corrected chi connectivity index (χ0v) is 21.6. The van der Waals surface area contributed by atoms with Crippen molar-refractivity contribution in [2.75, 3.05) is 21.5 Å². The van der Waals surface area contributed by atoms with E-state index in [2.05, 4.69) is 10.0 Å². The molecule has 5 rings (SSSR count). The highest BCUT2D eigenvalue weighted by atomic mass is 32.2. The van der Waals surface area contributed by atoms with E-state index in [9.17, 15) is 26.0 Å². The first-order chi connectivity index (χ1) is 17.0. The molecule has 1 spiro atoms. The van der Waals surface area contributed by atoms with Crippen LogP contribution in [0, 0.1) is 5.82 Å². The predicted octanol–water partition coefficient (Wildman–Crippen LogP) is 3.91. The molecule has 2 fully saturated rings. The lowest BCUT2D eigenvalue weighted by molar-refractivity contribution is -0.123. The van der Waals surface area contributed by atoms with Crippen LogP contribution >= 0.6 is 0 Å². The fraction of sp³-hybridized carbons (Fsp3) is 0.480. The number of benzene rings is 2. The minimum Gasteiger partial charge on any atom is -0.488 e. The van der Waals surface area contributed by atoms with Gasteiger partial charge in [0, 0.05) is 6.07 Å². The van der Waals surface area contributed by atoms with Crippen molar-refractivity contribution in [3.63, 3.8) is 0 Å². The number of amides is 1. The van der Waals surface area contributed by atoms with Crippen LogP contribution in [0.15, 0.2) is 35.2 Å². The van der Waals surface area contributed by atoms with Crippen LogP contribution in [0.4, 0.5) is 15.8 Å². The number of nitrogens with one attached hydrogen (secondary N) is 2. The van der Waals surface area contributed by atoms with Crippen molar-refractivity contribution in [3.05, 3.63) is 47.3 Å². The monoisotopic (exact) mass is 536 g/mol. The van der Waals surface area contributed by atoms with Gasteiger partial charge in [-0.05, 0) is 61.4 Å². The second kappa shape index (κ2) is 9.02. The summed E-state index contributed by atoms with van der Waals surface area (Å²) in [4.78, 5) is 12.4. The van der Waals surface area contributed by atoms with Gasteiger partial charge in [-0.25, -0.2) is 21.2 Å².